The van der Waals surface area contributed by atoms with Crippen LogP contribution >= 0.6 is 0 Å². The van der Waals surface area contributed by atoms with Crippen molar-refractivity contribution in [2.75, 3.05) is 49.6 Å². The third-order valence-electron chi connectivity index (χ3n) is 5.31. The Morgan fingerprint density at radius 3 is 2.31 bits per heavy atom. The molecule has 0 radical (unpaired) electrons. The lowest BCUT2D eigenvalue weighted by Crippen LogP contribution is -2.49. The molecule has 3 rings (SSSR count). The molecule has 0 saturated carbocycles. The van der Waals surface area contributed by atoms with Crippen LogP contribution in [0.3, 0.4) is 0 Å². The largest absolute Gasteiger partial charge is 0.497 e. The van der Waals surface area contributed by atoms with Gasteiger partial charge in [-0.05, 0) is 48.9 Å². The Kier molecular flexibility index (Phi) is 6.75. The predicted octanol–water partition coefficient (Wildman–Crippen LogP) is 3.10. The van der Waals surface area contributed by atoms with E-state index in [0.29, 0.717) is 26.1 Å². The minimum absolute atomic E-state index is 0.0766. The summed E-state index contributed by atoms with van der Waals surface area (Å²) in [7, 11) is 1.61. The number of carbonyl (C=O) groups excluding carboxylic acids is 2. The smallest absolute Gasteiger partial charge is 0.224 e. The van der Waals surface area contributed by atoms with Crippen molar-refractivity contribution in [1.29, 1.82) is 0 Å². The molecule has 2 amide bonds. The minimum Gasteiger partial charge on any atom is -0.497 e. The number of piperazine rings is 1. The second-order valence-electron chi connectivity index (χ2n) is 7.33. The molecule has 6 nitrogen and oxygen atoms in total. The molecule has 0 unspecified atom stereocenters. The van der Waals surface area contributed by atoms with Crippen molar-refractivity contribution < 1.29 is 14.3 Å². The summed E-state index contributed by atoms with van der Waals surface area (Å²) in [6.07, 6.45) is 0.316. The molecule has 1 aliphatic heterocycles. The van der Waals surface area contributed by atoms with Crippen LogP contribution in [0.25, 0.3) is 0 Å². The number of hydrogen-bond acceptors (Lipinski definition) is 4. The first-order valence-electron chi connectivity index (χ1n) is 9.99. The van der Waals surface area contributed by atoms with Gasteiger partial charge in [0, 0.05) is 57.4 Å². The molecule has 2 aromatic rings. The Morgan fingerprint density at radius 2 is 1.72 bits per heavy atom. The van der Waals surface area contributed by atoms with E-state index < -0.39 is 0 Å². The van der Waals surface area contributed by atoms with E-state index in [1.54, 1.807) is 12.0 Å². The zero-order chi connectivity index (χ0) is 20.8. The first-order chi connectivity index (χ1) is 14.0. The topological polar surface area (TPSA) is 53.1 Å². The zero-order valence-electron chi connectivity index (χ0n) is 17.4. The number of amides is 2. The van der Waals surface area contributed by atoms with Gasteiger partial charge in [0.05, 0.1) is 7.11 Å². The number of carbonyl (C=O) groups is 2. The lowest BCUT2D eigenvalue weighted by Gasteiger charge is -2.36. The van der Waals surface area contributed by atoms with Crippen molar-refractivity contribution in [3.63, 3.8) is 0 Å². The van der Waals surface area contributed by atoms with Gasteiger partial charge in [0.2, 0.25) is 11.8 Å². The third-order valence-corrected chi connectivity index (χ3v) is 5.31. The molecule has 2 aromatic carbocycles. The summed E-state index contributed by atoms with van der Waals surface area (Å²) >= 11 is 0. The molecular weight excluding hydrogens is 366 g/mol. The summed E-state index contributed by atoms with van der Waals surface area (Å²) in [5.74, 6) is 0.751. The molecule has 1 heterocycles. The summed E-state index contributed by atoms with van der Waals surface area (Å²) in [4.78, 5) is 30.6. The Labute approximate surface area is 172 Å². The molecule has 0 aliphatic carbocycles. The average Bonchev–Trinajstić information content (AvgIpc) is 2.74. The van der Waals surface area contributed by atoms with Gasteiger partial charge in [0.25, 0.3) is 0 Å². The average molecular weight is 396 g/mol. The third kappa shape index (κ3) is 5.28. The van der Waals surface area contributed by atoms with Gasteiger partial charge >= 0.3 is 0 Å². The fourth-order valence-electron chi connectivity index (χ4n) is 3.63. The van der Waals surface area contributed by atoms with Gasteiger partial charge < -0.3 is 19.4 Å². The van der Waals surface area contributed by atoms with E-state index in [-0.39, 0.29) is 11.8 Å². The Hall–Kier alpha value is -3.02. The lowest BCUT2D eigenvalue weighted by atomic mass is 10.2. The van der Waals surface area contributed by atoms with Crippen LogP contribution in [0.15, 0.2) is 48.5 Å². The number of hydrogen-bond donors (Lipinski definition) is 0. The molecule has 0 aromatic heterocycles. The number of nitrogens with zero attached hydrogens (tertiary/aromatic N) is 3. The maximum absolute atomic E-state index is 12.7. The van der Waals surface area contributed by atoms with Crippen LogP contribution < -0.4 is 14.5 Å². The fraction of sp³-hybridized carbons (Fsp3) is 0.391. The van der Waals surface area contributed by atoms with E-state index in [1.165, 1.54) is 18.2 Å². The van der Waals surface area contributed by atoms with Gasteiger partial charge in [0.1, 0.15) is 5.75 Å². The maximum atomic E-state index is 12.7. The molecule has 6 heteroatoms. The van der Waals surface area contributed by atoms with Crippen LogP contribution in [0.5, 0.6) is 5.75 Å². The summed E-state index contributed by atoms with van der Waals surface area (Å²) in [6, 6.07) is 15.8. The van der Waals surface area contributed by atoms with E-state index in [2.05, 4.69) is 36.1 Å². The van der Waals surface area contributed by atoms with Crippen molar-refractivity contribution in [2.45, 2.75) is 20.3 Å². The summed E-state index contributed by atoms with van der Waals surface area (Å²) in [6.45, 7) is 7.04. The highest BCUT2D eigenvalue weighted by Gasteiger charge is 2.22. The Balaban J connectivity index is 1.53. The van der Waals surface area contributed by atoms with Gasteiger partial charge in [-0.25, -0.2) is 0 Å². The fourth-order valence-corrected chi connectivity index (χ4v) is 3.63. The van der Waals surface area contributed by atoms with E-state index in [9.17, 15) is 9.59 Å². The molecular formula is C23H29N3O3. The molecule has 1 aliphatic rings. The maximum Gasteiger partial charge on any atom is 0.224 e. The van der Waals surface area contributed by atoms with Crippen molar-refractivity contribution in [3.05, 3.63) is 54.1 Å². The van der Waals surface area contributed by atoms with E-state index in [4.69, 9.17) is 4.74 Å². The highest BCUT2D eigenvalue weighted by molar-refractivity contribution is 5.92. The number of benzene rings is 2. The zero-order valence-corrected chi connectivity index (χ0v) is 17.4. The molecule has 1 fully saturated rings. The van der Waals surface area contributed by atoms with E-state index >= 15 is 0 Å². The van der Waals surface area contributed by atoms with Crippen molar-refractivity contribution in [1.82, 2.24) is 4.90 Å². The highest BCUT2D eigenvalue weighted by atomic mass is 16.5. The second kappa shape index (κ2) is 9.45. The molecule has 0 N–H and O–H groups in total. The number of aryl methyl sites for hydroxylation is 1. The predicted molar refractivity (Wildman–Crippen MR) is 116 cm³/mol. The van der Waals surface area contributed by atoms with Gasteiger partial charge in [-0.1, -0.05) is 12.1 Å². The first-order valence-corrected chi connectivity index (χ1v) is 9.99. The molecule has 154 valence electrons. The highest BCUT2D eigenvalue weighted by Crippen LogP contribution is 2.21. The van der Waals surface area contributed by atoms with Gasteiger partial charge in [-0.2, -0.15) is 0 Å². The molecule has 0 bridgehead atoms. The van der Waals surface area contributed by atoms with Gasteiger partial charge in [0.15, 0.2) is 0 Å². The van der Waals surface area contributed by atoms with Crippen LogP contribution in [0, 0.1) is 6.92 Å². The van der Waals surface area contributed by atoms with Crippen LogP contribution in [0.2, 0.25) is 0 Å². The summed E-state index contributed by atoms with van der Waals surface area (Å²) in [5, 5.41) is 0. The number of anilines is 2. The summed E-state index contributed by atoms with van der Waals surface area (Å²) < 4.78 is 5.17. The summed E-state index contributed by atoms with van der Waals surface area (Å²) in [5.41, 5.74) is 3.22. The monoisotopic (exact) mass is 395 g/mol. The van der Waals surface area contributed by atoms with Crippen molar-refractivity contribution >= 4 is 23.2 Å². The van der Waals surface area contributed by atoms with E-state index in [0.717, 1.165) is 24.5 Å². The van der Waals surface area contributed by atoms with Crippen LogP contribution in [-0.4, -0.2) is 56.5 Å². The first kappa shape index (κ1) is 20.7. The SMILES string of the molecule is COc1ccc(N(CCC(=O)N2CCN(c3cccc(C)c3)CC2)C(C)=O)cc1. The van der Waals surface area contributed by atoms with E-state index in [1.807, 2.05) is 29.2 Å². The lowest BCUT2D eigenvalue weighted by molar-refractivity contribution is -0.131. The Morgan fingerprint density at radius 1 is 1.03 bits per heavy atom. The minimum atomic E-state index is -0.0766. The van der Waals surface area contributed by atoms with Crippen molar-refractivity contribution in [2.24, 2.45) is 0 Å². The van der Waals surface area contributed by atoms with Crippen LogP contribution in [0.4, 0.5) is 11.4 Å². The van der Waals surface area contributed by atoms with Crippen LogP contribution in [0.1, 0.15) is 18.9 Å². The normalized spacial score (nSPS) is 13.9. The van der Waals surface area contributed by atoms with Crippen LogP contribution in [-0.2, 0) is 9.59 Å². The standard InChI is InChI=1S/C23H29N3O3/c1-18-5-4-6-21(17-18)24-13-15-25(16-14-24)23(28)11-12-26(19(2)27)20-7-9-22(29-3)10-8-20/h4-10,17H,11-16H2,1-3H3. The second-order valence-corrected chi connectivity index (χ2v) is 7.33. The molecule has 1 saturated heterocycles. The number of rotatable bonds is 6. The van der Waals surface area contributed by atoms with Gasteiger partial charge in [-0.3, -0.25) is 9.59 Å². The van der Waals surface area contributed by atoms with Gasteiger partial charge in [-0.15, -0.1) is 0 Å². The number of ether oxygens (including phenoxy) is 1. The number of methoxy groups -OCH3 is 1. The quantitative estimate of drug-likeness (QED) is 0.754. The Bertz CT molecular complexity index is 843. The van der Waals surface area contributed by atoms with Crippen molar-refractivity contribution in [3.8, 4) is 5.75 Å². The molecule has 29 heavy (non-hydrogen) atoms. The molecule has 0 spiro atoms. The molecule has 0 atom stereocenters.